The topological polar surface area (TPSA) is 119 Å². The molecule has 0 aromatic heterocycles. The van der Waals surface area contributed by atoms with Crippen molar-refractivity contribution in [2.75, 3.05) is 51.7 Å². The minimum Gasteiger partial charge on any atom is -0.507 e. The highest BCUT2D eigenvalue weighted by atomic mass is 32.2. The van der Waals surface area contributed by atoms with Crippen LogP contribution in [0.3, 0.4) is 0 Å². The van der Waals surface area contributed by atoms with E-state index in [-0.39, 0.29) is 22.6 Å². The maximum Gasteiger partial charge on any atom is 0.296 e. The highest BCUT2D eigenvalue weighted by Crippen LogP contribution is 2.53. The van der Waals surface area contributed by atoms with Crippen LogP contribution in [-0.2, 0) is 29.9 Å². The van der Waals surface area contributed by atoms with Crippen LogP contribution < -0.4 is 4.90 Å². The fraction of sp³-hybridized carbons (Fsp3) is 0.414. The normalized spacial score (nSPS) is 23.1. The van der Waals surface area contributed by atoms with E-state index < -0.39 is 38.9 Å². The van der Waals surface area contributed by atoms with Gasteiger partial charge in [-0.25, -0.2) is 8.42 Å². The highest BCUT2D eigenvalue weighted by molar-refractivity contribution is 7.89. The van der Waals surface area contributed by atoms with Crippen LogP contribution >= 0.6 is 0 Å². The Hall–Kier alpha value is -3.54. The number of likely N-dealkylation sites (N-methyl/N-ethyl adjacent to an activating group) is 2. The second kappa shape index (κ2) is 10.5. The van der Waals surface area contributed by atoms with E-state index in [9.17, 15) is 27.9 Å². The van der Waals surface area contributed by atoms with Gasteiger partial charge in [0.15, 0.2) is 5.54 Å². The smallest absolute Gasteiger partial charge is 0.296 e. The molecule has 2 fully saturated rings. The Morgan fingerprint density at radius 1 is 0.975 bits per heavy atom. The third-order valence-electron chi connectivity index (χ3n) is 7.98. The minimum atomic E-state index is -3.71. The molecule has 2 amide bonds. The molecule has 11 heteroatoms. The number of piperidine rings is 1. The molecule has 0 aliphatic carbocycles. The van der Waals surface area contributed by atoms with Crippen LogP contribution in [-0.4, -0.2) is 92.0 Å². The van der Waals surface area contributed by atoms with Crippen molar-refractivity contribution in [3.8, 4) is 0 Å². The third-order valence-corrected chi connectivity index (χ3v) is 9.89. The first-order valence-corrected chi connectivity index (χ1v) is 15.0. The van der Waals surface area contributed by atoms with E-state index in [0.29, 0.717) is 37.4 Å². The summed E-state index contributed by atoms with van der Waals surface area (Å²) in [6.07, 6.45) is 2.60. The fourth-order valence-electron chi connectivity index (χ4n) is 5.96. The molecule has 10 nitrogen and oxygen atoms in total. The Balaban J connectivity index is 1.66. The second-order valence-corrected chi connectivity index (χ2v) is 12.5. The molecule has 0 radical (unpaired) electrons. The number of rotatable bonds is 7. The molecular formula is C29H34N4O6S. The third kappa shape index (κ3) is 4.15. The summed E-state index contributed by atoms with van der Waals surface area (Å²) < 4.78 is 27.7. The number of likely N-dealkylation sites (tertiary alicyclic amines) is 1. The quantitative estimate of drug-likeness (QED) is 0.311. The molecule has 1 atom stereocenters. The Kier molecular flexibility index (Phi) is 7.32. The number of anilines is 1. The van der Waals surface area contributed by atoms with Crippen LogP contribution in [0.4, 0.5) is 5.69 Å². The van der Waals surface area contributed by atoms with Gasteiger partial charge in [0.2, 0.25) is 10.0 Å². The summed E-state index contributed by atoms with van der Waals surface area (Å²) in [5.41, 5.74) is -0.982. The van der Waals surface area contributed by atoms with Crippen LogP contribution in [0.2, 0.25) is 0 Å². The van der Waals surface area contributed by atoms with Gasteiger partial charge in [0, 0.05) is 43.9 Å². The van der Waals surface area contributed by atoms with Crippen LogP contribution in [0.15, 0.2) is 59.0 Å². The summed E-state index contributed by atoms with van der Waals surface area (Å²) in [5, 5.41) is 11.6. The van der Waals surface area contributed by atoms with Gasteiger partial charge in [-0.15, -0.1) is 0 Å². The van der Waals surface area contributed by atoms with Gasteiger partial charge in [0.25, 0.3) is 17.6 Å². The summed E-state index contributed by atoms with van der Waals surface area (Å²) in [4.78, 5) is 46.0. The van der Waals surface area contributed by atoms with E-state index >= 15 is 0 Å². The number of sulfonamides is 1. The molecule has 1 spiro atoms. The van der Waals surface area contributed by atoms with Gasteiger partial charge in [-0.2, -0.15) is 4.31 Å². The predicted octanol–water partition coefficient (Wildman–Crippen LogP) is 2.37. The standard InChI is InChI=1S/C29H34N4O6S/c1-4-32-23-11-7-6-10-22(23)29(28(32)37)24(26(35)27(36)33(29)19-18-30(2)3)25(34)20-12-14-21(15-13-20)40(38,39)31-16-8-5-9-17-31/h6-7,10-15,34H,4-5,8-9,16-19H2,1-3H3/t29-/m1/s1. The number of benzene rings is 2. The van der Waals surface area contributed by atoms with Crippen molar-refractivity contribution < 1.29 is 27.9 Å². The maximum absolute atomic E-state index is 14.2. The largest absolute Gasteiger partial charge is 0.507 e. The lowest BCUT2D eigenvalue weighted by atomic mass is 9.82. The number of carbonyl (C=O) groups excluding carboxylic acids is 3. The minimum absolute atomic E-state index is 0.0755. The molecule has 0 saturated carbocycles. The summed E-state index contributed by atoms with van der Waals surface area (Å²) in [5.74, 6) is -2.83. The number of ketones is 1. The van der Waals surface area contributed by atoms with E-state index in [1.807, 2.05) is 19.0 Å². The predicted molar refractivity (Wildman–Crippen MR) is 150 cm³/mol. The molecule has 2 aromatic rings. The Morgan fingerprint density at radius 2 is 1.62 bits per heavy atom. The molecule has 3 heterocycles. The Bertz CT molecular complexity index is 1490. The summed E-state index contributed by atoms with van der Waals surface area (Å²) in [6, 6.07) is 12.6. The van der Waals surface area contributed by atoms with Crippen molar-refractivity contribution in [2.24, 2.45) is 0 Å². The molecule has 2 aromatic carbocycles. The summed E-state index contributed by atoms with van der Waals surface area (Å²) in [6.45, 7) is 3.49. The number of hydrogen-bond donors (Lipinski definition) is 1. The zero-order chi connectivity index (χ0) is 28.8. The zero-order valence-electron chi connectivity index (χ0n) is 23.0. The molecule has 0 unspecified atom stereocenters. The van der Waals surface area contributed by atoms with Gasteiger partial charge in [0.1, 0.15) is 5.76 Å². The van der Waals surface area contributed by atoms with Crippen LogP contribution in [0.5, 0.6) is 0 Å². The number of aliphatic hydroxyl groups is 1. The molecule has 3 aliphatic rings. The second-order valence-electron chi connectivity index (χ2n) is 10.6. The monoisotopic (exact) mass is 566 g/mol. The van der Waals surface area contributed by atoms with Gasteiger partial charge >= 0.3 is 0 Å². The molecule has 0 bridgehead atoms. The molecular weight excluding hydrogens is 532 g/mol. The van der Waals surface area contributed by atoms with Crippen molar-refractivity contribution in [1.82, 2.24) is 14.1 Å². The average molecular weight is 567 g/mol. The molecule has 1 N–H and O–H groups in total. The molecule has 40 heavy (non-hydrogen) atoms. The number of aliphatic hydroxyl groups excluding tert-OH is 1. The molecule has 3 aliphatic heterocycles. The van der Waals surface area contributed by atoms with E-state index in [1.54, 1.807) is 31.2 Å². The van der Waals surface area contributed by atoms with Crippen molar-refractivity contribution in [3.05, 3.63) is 65.2 Å². The SMILES string of the molecule is CCN1C(=O)[C@]2(C(=C(O)c3ccc(S(=O)(=O)N4CCCCC4)cc3)C(=O)C(=O)N2CCN(C)C)c2ccccc21. The number of para-hydroxylation sites is 1. The van der Waals surface area contributed by atoms with Gasteiger partial charge in [0.05, 0.1) is 16.2 Å². The average Bonchev–Trinajstić information content (AvgIpc) is 3.34. The zero-order valence-corrected chi connectivity index (χ0v) is 23.8. The lowest BCUT2D eigenvalue weighted by Gasteiger charge is -2.35. The first-order chi connectivity index (χ1) is 19.1. The van der Waals surface area contributed by atoms with E-state index in [4.69, 9.17) is 0 Å². The maximum atomic E-state index is 14.2. The number of carbonyl (C=O) groups is 3. The van der Waals surface area contributed by atoms with Crippen molar-refractivity contribution >= 4 is 39.1 Å². The molecule has 5 rings (SSSR count). The molecule has 2 saturated heterocycles. The van der Waals surface area contributed by atoms with Gasteiger partial charge in [-0.3, -0.25) is 14.4 Å². The van der Waals surface area contributed by atoms with Gasteiger partial charge in [-0.05, 0) is 64.2 Å². The first kappa shape index (κ1) is 28.0. The van der Waals surface area contributed by atoms with Gasteiger partial charge in [-0.1, -0.05) is 24.6 Å². The van der Waals surface area contributed by atoms with E-state index in [1.165, 1.54) is 38.4 Å². The number of nitrogens with zero attached hydrogens (tertiary/aromatic N) is 4. The number of hydrogen-bond acceptors (Lipinski definition) is 7. The lowest BCUT2D eigenvalue weighted by Crippen LogP contribution is -2.53. The van der Waals surface area contributed by atoms with Crippen LogP contribution in [0.1, 0.15) is 37.3 Å². The Morgan fingerprint density at radius 3 is 2.25 bits per heavy atom. The van der Waals surface area contributed by atoms with Crippen LogP contribution in [0, 0.1) is 0 Å². The number of fused-ring (bicyclic) bond motifs is 2. The number of amides is 2. The van der Waals surface area contributed by atoms with Crippen molar-refractivity contribution in [2.45, 2.75) is 36.6 Å². The molecule has 212 valence electrons. The summed E-state index contributed by atoms with van der Waals surface area (Å²) >= 11 is 0. The first-order valence-electron chi connectivity index (χ1n) is 13.5. The van der Waals surface area contributed by atoms with Crippen molar-refractivity contribution in [3.63, 3.8) is 0 Å². The Labute approximate surface area is 234 Å². The van der Waals surface area contributed by atoms with Crippen molar-refractivity contribution in [1.29, 1.82) is 0 Å². The number of Topliss-reactive ketones (excluding diaryl/α,β-unsaturated/α-hetero) is 1. The highest BCUT2D eigenvalue weighted by Gasteiger charge is 2.66. The van der Waals surface area contributed by atoms with E-state index in [0.717, 1.165) is 19.3 Å². The van der Waals surface area contributed by atoms with Crippen LogP contribution in [0.25, 0.3) is 5.76 Å². The van der Waals surface area contributed by atoms with E-state index in [2.05, 4.69) is 0 Å². The van der Waals surface area contributed by atoms with Gasteiger partial charge < -0.3 is 19.8 Å². The fourth-order valence-corrected chi connectivity index (χ4v) is 7.48. The lowest BCUT2D eigenvalue weighted by molar-refractivity contribution is -0.143. The summed E-state index contributed by atoms with van der Waals surface area (Å²) in [7, 11) is -0.0582.